The van der Waals surface area contributed by atoms with Crippen LogP contribution >= 0.6 is 0 Å². The lowest BCUT2D eigenvalue weighted by molar-refractivity contribution is -0.134. The predicted octanol–water partition coefficient (Wildman–Crippen LogP) is 1.80. The van der Waals surface area contributed by atoms with E-state index in [-0.39, 0.29) is 11.8 Å². The van der Waals surface area contributed by atoms with E-state index in [2.05, 4.69) is 0 Å². The number of carbonyl (C=O) groups excluding carboxylic acids is 2. The first-order valence-corrected chi connectivity index (χ1v) is 5.96. The molecular formula is C14H16N2O3. The molecule has 0 aliphatic carbocycles. The monoisotopic (exact) mass is 260 g/mol. The highest BCUT2D eigenvalue weighted by atomic mass is 16.5. The number of hydrogen-bond donors (Lipinski definition) is 0. The maximum absolute atomic E-state index is 11.8. The first-order valence-electron chi connectivity index (χ1n) is 5.96. The van der Waals surface area contributed by atoms with Gasteiger partial charge in [0.05, 0.1) is 25.6 Å². The Balaban J connectivity index is 2.60. The minimum Gasteiger partial charge on any atom is -0.504 e. The lowest BCUT2D eigenvalue weighted by Gasteiger charge is -2.39. The molecule has 19 heavy (non-hydrogen) atoms. The molecule has 1 aliphatic heterocycles. The highest BCUT2D eigenvalue weighted by Crippen LogP contribution is 2.34. The van der Waals surface area contributed by atoms with Gasteiger partial charge < -0.3 is 4.74 Å². The van der Waals surface area contributed by atoms with Crippen LogP contribution in [-0.4, -0.2) is 30.5 Å². The Morgan fingerprint density at radius 3 is 2.47 bits per heavy atom. The topological polar surface area (TPSA) is 49.9 Å². The summed E-state index contributed by atoms with van der Waals surface area (Å²) in [4.78, 5) is 23.6. The molecule has 5 nitrogen and oxygen atoms in total. The minimum atomic E-state index is -0.195. The van der Waals surface area contributed by atoms with E-state index >= 15 is 0 Å². The van der Waals surface area contributed by atoms with E-state index in [1.807, 2.05) is 24.3 Å². The number of hydrogen-bond acceptors (Lipinski definition) is 3. The quantitative estimate of drug-likeness (QED) is 0.723. The average molecular weight is 260 g/mol. The van der Waals surface area contributed by atoms with Gasteiger partial charge in [0.15, 0.2) is 0 Å². The molecular weight excluding hydrogens is 244 g/mol. The summed E-state index contributed by atoms with van der Waals surface area (Å²) in [6.45, 7) is 3.20. The van der Waals surface area contributed by atoms with E-state index in [0.29, 0.717) is 12.2 Å². The molecule has 0 radical (unpaired) electrons. The zero-order valence-corrected chi connectivity index (χ0v) is 11.2. The normalized spacial score (nSPS) is 16.3. The fraction of sp³-hybridized carbons (Fsp3) is 0.286. The van der Waals surface area contributed by atoms with Crippen molar-refractivity contribution in [3.05, 3.63) is 36.1 Å². The van der Waals surface area contributed by atoms with Crippen LogP contribution in [0.5, 0.6) is 0 Å². The van der Waals surface area contributed by atoms with Crippen molar-refractivity contribution in [1.82, 2.24) is 5.01 Å². The van der Waals surface area contributed by atoms with Gasteiger partial charge in [-0.15, -0.1) is 0 Å². The van der Waals surface area contributed by atoms with Crippen molar-refractivity contribution < 1.29 is 14.3 Å². The van der Waals surface area contributed by atoms with E-state index in [9.17, 15) is 9.59 Å². The van der Waals surface area contributed by atoms with Gasteiger partial charge in [0.25, 0.3) is 0 Å². The molecule has 0 fully saturated rings. The molecule has 5 heteroatoms. The number of methoxy groups -OCH3 is 1. The predicted molar refractivity (Wildman–Crippen MR) is 72.0 cm³/mol. The summed E-state index contributed by atoms with van der Waals surface area (Å²) in [6, 6.07) is 7.45. The minimum absolute atomic E-state index is 0.188. The molecule has 100 valence electrons. The molecule has 0 N–H and O–H groups in total. The van der Waals surface area contributed by atoms with E-state index in [1.54, 1.807) is 13.4 Å². The molecule has 0 unspecified atom stereocenters. The van der Waals surface area contributed by atoms with Gasteiger partial charge >= 0.3 is 0 Å². The maximum atomic E-state index is 11.8. The summed E-state index contributed by atoms with van der Waals surface area (Å²) in [5, 5.41) is 2.82. The second-order valence-corrected chi connectivity index (χ2v) is 4.30. The molecule has 1 aliphatic rings. The van der Waals surface area contributed by atoms with Crippen LogP contribution < -0.4 is 5.01 Å². The van der Waals surface area contributed by atoms with Crippen LogP contribution in [0.3, 0.4) is 0 Å². The van der Waals surface area contributed by atoms with Gasteiger partial charge in [-0.05, 0) is 6.07 Å². The Kier molecular flexibility index (Phi) is 3.55. The lowest BCUT2D eigenvalue weighted by atomic mass is 10.0. The SMILES string of the molecule is COC=C1CN(C(C)=O)N(C(C)=O)c2ccccc21. The van der Waals surface area contributed by atoms with Gasteiger partial charge in [-0.25, -0.2) is 10.0 Å². The molecule has 1 aromatic rings. The smallest absolute Gasteiger partial charge is 0.242 e. The van der Waals surface area contributed by atoms with E-state index in [4.69, 9.17) is 4.74 Å². The van der Waals surface area contributed by atoms with Crippen molar-refractivity contribution in [3.8, 4) is 0 Å². The van der Waals surface area contributed by atoms with Crippen LogP contribution in [0.2, 0.25) is 0 Å². The molecule has 1 aromatic carbocycles. The second-order valence-electron chi connectivity index (χ2n) is 4.30. The number of fused-ring (bicyclic) bond motifs is 1. The van der Waals surface area contributed by atoms with Crippen LogP contribution in [0.15, 0.2) is 30.5 Å². The molecule has 0 bridgehead atoms. The second kappa shape index (κ2) is 5.14. The summed E-state index contributed by atoms with van der Waals surface area (Å²) < 4.78 is 5.06. The van der Waals surface area contributed by atoms with E-state index < -0.39 is 0 Å². The number of para-hydroxylation sites is 1. The molecule has 2 rings (SSSR count). The van der Waals surface area contributed by atoms with Crippen molar-refractivity contribution in [1.29, 1.82) is 0 Å². The first kappa shape index (κ1) is 13.1. The third-order valence-electron chi connectivity index (χ3n) is 2.96. The molecule has 0 aromatic heterocycles. The number of anilines is 1. The van der Waals surface area contributed by atoms with E-state index in [1.165, 1.54) is 23.9 Å². The van der Waals surface area contributed by atoms with Crippen LogP contribution in [0.1, 0.15) is 19.4 Å². The van der Waals surface area contributed by atoms with E-state index in [0.717, 1.165) is 11.1 Å². The van der Waals surface area contributed by atoms with Gasteiger partial charge in [0.2, 0.25) is 11.8 Å². The Morgan fingerprint density at radius 2 is 1.89 bits per heavy atom. The Hall–Kier alpha value is -2.30. The van der Waals surface area contributed by atoms with Gasteiger partial charge in [-0.1, -0.05) is 18.2 Å². The fourth-order valence-corrected chi connectivity index (χ4v) is 2.21. The zero-order valence-electron chi connectivity index (χ0n) is 11.2. The number of rotatable bonds is 1. The van der Waals surface area contributed by atoms with Crippen molar-refractivity contribution in [3.63, 3.8) is 0 Å². The van der Waals surface area contributed by atoms with Crippen LogP contribution in [0, 0.1) is 0 Å². The number of amides is 2. The summed E-state index contributed by atoms with van der Waals surface area (Å²) in [5.41, 5.74) is 2.46. The van der Waals surface area contributed by atoms with Gasteiger partial charge in [-0.3, -0.25) is 9.59 Å². The van der Waals surface area contributed by atoms with Crippen molar-refractivity contribution in [2.75, 3.05) is 18.7 Å². The summed E-state index contributed by atoms with van der Waals surface area (Å²) in [6.07, 6.45) is 1.60. The number of carbonyl (C=O) groups is 2. The van der Waals surface area contributed by atoms with Gasteiger partial charge in [0, 0.05) is 25.0 Å². The third-order valence-corrected chi connectivity index (χ3v) is 2.96. The number of nitrogens with zero attached hydrogens (tertiary/aromatic N) is 2. The summed E-state index contributed by atoms with van der Waals surface area (Å²) in [7, 11) is 1.56. The largest absolute Gasteiger partial charge is 0.504 e. The zero-order chi connectivity index (χ0) is 14.0. The van der Waals surface area contributed by atoms with Gasteiger partial charge in [-0.2, -0.15) is 0 Å². The summed E-state index contributed by atoms with van der Waals surface area (Å²) in [5.74, 6) is -0.383. The summed E-state index contributed by atoms with van der Waals surface area (Å²) >= 11 is 0. The molecule has 0 spiro atoms. The highest BCUT2D eigenvalue weighted by molar-refractivity contribution is 6.00. The van der Waals surface area contributed by atoms with Crippen molar-refractivity contribution in [2.24, 2.45) is 0 Å². The molecule has 0 saturated carbocycles. The molecule has 0 saturated heterocycles. The third kappa shape index (κ3) is 2.31. The lowest BCUT2D eigenvalue weighted by Crippen LogP contribution is -2.51. The van der Waals surface area contributed by atoms with Crippen LogP contribution in [0.4, 0.5) is 5.69 Å². The Morgan fingerprint density at radius 1 is 1.21 bits per heavy atom. The van der Waals surface area contributed by atoms with Crippen molar-refractivity contribution in [2.45, 2.75) is 13.8 Å². The average Bonchev–Trinajstić information content (AvgIpc) is 2.38. The first-order chi connectivity index (χ1) is 9.06. The number of ether oxygens (including phenoxy) is 1. The van der Waals surface area contributed by atoms with Gasteiger partial charge in [0.1, 0.15) is 0 Å². The molecule has 2 amide bonds. The molecule has 0 atom stereocenters. The number of hydrazine groups is 1. The van der Waals surface area contributed by atoms with Crippen LogP contribution in [0.25, 0.3) is 5.57 Å². The standard InChI is InChI=1S/C14H16N2O3/c1-10(17)15-8-12(9-19-3)13-6-4-5-7-14(13)16(15)11(2)18/h4-7,9H,8H2,1-3H3. The van der Waals surface area contributed by atoms with Crippen molar-refractivity contribution >= 4 is 23.1 Å². The molecule has 1 heterocycles. The highest BCUT2D eigenvalue weighted by Gasteiger charge is 2.31. The number of benzene rings is 1. The fourth-order valence-electron chi connectivity index (χ4n) is 2.21. The van der Waals surface area contributed by atoms with Crippen LogP contribution in [-0.2, 0) is 14.3 Å². The maximum Gasteiger partial charge on any atom is 0.242 e. The Labute approximate surface area is 112 Å². The Bertz CT molecular complexity index is 551.